The van der Waals surface area contributed by atoms with Gasteiger partial charge in [0.2, 0.25) is 0 Å². The van der Waals surface area contributed by atoms with E-state index in [0.717, 1.165) is 42.6 Å². The molecule has 6 nitrogen and oxygen atoms in total. The average molecular weight is 387 g/mol. The van der Waals surface area contributed by atoms with E-state index < -0.39 is 0 Å². The zero-order valence-electron chi connectivity index (χ0n) is 16.6. The zero-order chi connectivity index (χ0) is 19.9. The summed E-state index contributed by atoms with van der Waals surface area (Å²) in [5.41, 5.74) is 4.62. The van der Waals surface area contributed by atoms with E-state index in [0.29, 0.717) is 6.54 Å². The van der Waals surface area contributed by atoms with E-state index in [-0.39, 0.29) is 0 Å². The summed E-state index contributed by atoms with van der Waals surface area (Å²) in [5, 5.41) is 7.99. The largest absolute Gasteiger partial charge is 0.361 e. The number of H-pyrrole nitrogens is 2. The first kappa shape index (κ1) is 18.8. The number of aromatic nitrogens is 3. The topological polar surface area (TPSA) is 80.9 Å². The maximum absolute atomic E-state index is 4.66. The Kier molecular flexibility index (Phi) is 5.90. The van der Waals surface area contributed by atoms with Crippen molar-refractivity contribution in [2.75, 3.05) is 13.1 Å². The van der Waals surface area contributed by atoms with Gasteiger partial charge >= 0.3 is 0 Å². The molecule has 0 saturated heterocycles. The van der Waals surface area contributed by atoms with Crippen LogP contribution < -0.4 is 10.6 Å². The molecule has 0 aliphatic rings. The summed E-state index contributed by atoms with van der Waals surface area (Å²) >= 11 is 0. The molecule has 0 aliphatic heterocycles. The first-order chi connectivity index (χ1) is 14.3. The van der Waals surface area contributed by atoms with Gasteiger partial charge in [0.15, 0.2) is 5.96 Å². The van der Waals surface area contributed by atoms with Crippen molar-refractivity contribution in [3.63, 3.8) is 0 Å². The summed E-state index contributed by atoms with van der Waals surface area (Å²) < 4.78 is 0. The molecule has 0 bridgehead atoms. The maximum Gasteiger partial charge on any atom is 0.191 e. The smallest absolute Gasteiger partial charge is 0.191 e. The van der Waals surface area contributed by atoms with Gasteiger partial charge in [0.25, 0.3) is 0 Å². The third kappa shape index (κ3) is 4.66. The molecule has 0 unspecified atom stereocenters. The Bertz CT molecular complexity index is 1080. The number of para-hydroxylation sites is 1. The van der Waals surface area contributed by atoms with Crippen molar-refractivity contribution in [3.05, 3.63) is 78.4 Å². The van der Waals surface area contributed by atoms with Gasteiger partial charge in [-0.05, 0) is 30.5 Å². The molecule has 29 heavy (non-hydrogen) atoms. The van der Waals surface area contributed by atoms with Crippen LogP contribution in [0.5, 0.6) is 0 Å². The molecule has 0 amide bonds. The van der Waals surface area contributed by atoms with Crippen molar-refractivity contribution in [2.24, 2.45) is 4.99 Å². The molecule has 4 rings (SSSR count). The molecule has 0 saturated carbocycles. The van der Waals surface area contributed by atoms with E-state index in [1.165, 1.54) is 16.5 Å². The van der Waals surface area contributed by atoms with Gasteiger partial charge in [0.05, 0.1) is 11.9 Å². The minimum Gasteiger partial charge on any atom is -0.361 e. The number of nitrogens with zero attached hydrogens (tertiary/aromatic N) is 2. The molecule has 4 aromatic rings. The SMILES string of the molecule is CCNC(=NCc1ncc(-c2ccccc2)[nH]1)NCCc1c[nH]c2ccccc12. The molecule has 4 N–H and O–H groups in total. The van der Waals surface area contributed by atoms with Gasteiger partial charge in [-0.25, -0.2) is 9.98 Å². The standard InChI is InChI=1S/C23H26N6/c1-2-24-23(25-13-12-18-14-26-20-11-7-6-10-19(18)20)28-16-22-27-15-21(29-22)17-8-4-3-5-9-17/h3-11,14-15,26H,2,12-13,16H2,1H3,(H,27,29)(H2,24,25,28). The average Bonchev–Trinajstić information content (AvgIpc) is 3.40. The van der Waals surface area contributed by atoms with Crippen molar-refractivity contribution in [1.82, 2.24) is 25.6 Å². The first-order valence-corrected chi connectivity index (χ1v) is 10.00. The molecular formula is C23H26N6. The van der Waals surface area contributed by atoms with Gasteiger partial charge in [-0.3, -0.25) is 0 Å². The Morgan fingerprint density at radius 2 is 1.86 bits per heavy atom. The highest BCUT2D eigenvalue weighted by molar-refractivity contribution is 5.83. The molecule has 0 aliphatic carbocycles. The summed E-state index contributed by atoms with van der Waals surface area (Å²) in [7, 11) is 0. The van der Waals surface area contributed by atoms with Crippen molar-refractivity contribution in [2.45, 2.75) is 19.9 Å². The summed E-state index contributed by atoms with van der Waals surface area (Å²) in [4.78, 5) is 15.8. The number of aromatic amines is 2. The second-order valence-electron chi connectivity index (χ2n) is 6.84. The molecule has 2 aromatic carbocycles. The molecule has 0 atom stereocenters. The van der Waals surface area contributed by atoms with E-state index in [1.54, 1.807) is 0 Å². The highest BCUT2D eigenvalue weighted by atomic mass is 15.2. The normalized spacial score (nSPS) is 11.7. The molecular weight excluding hydrogens is 360 g/mol. The number of fused-ring (bicyclic) bond motifs is 1. The van der Waals surface area contributed by atoms with E-state index in [9.17, 15) is 0 Å². The summed E-state index contributed by atoms with van der Waals surface area (Å²) in [6.45, 7) is 4.18. The lowest BCUT2D eigenvalue weighted by Gasteiger charge is -2.10. The lowest BCUT2D eigenvalue weighted by atomic mass is 10.1. The predicted octanol–water partition coefficient (Wildman–Crippen LogP) is 3.86. The quantitative estimate of drug-likeness (QED) is 0.288. The first-order valence-electron chi connectivity index (χ1n) is 10.00. The van der Waals surface area contributed by atoms with E-state index in [2.05, 4.69) is 80.1 Å². The summed E-state index contributed by atoms with van der Waals surface area (Å²) in [5.74, 6) is 1.64. The van der Waals surface area contributed by atoms with Crippen molar-refractivity contribution in [1.29, 1.82) is 0 Å². The highest BCUT2D eigenvalue weighted by Gasteiger charge is 2.05. The molecule has 148 valence electrons. The van der Waals surface area contributed by atoms with E-state index in [4.69, 9.17) is 0 Å². The number of benzene rings is 2. The van der Waals surface area contributed by atoms with Crippen LogP contribution in [-0.2, 0) is 13.0 Å². The monoisotopic (exact) mass is 386 g/mol. The van der Waals surface area contributed by atoms with Crippen LogP contribution in [0.15, 0.2) is 72.0 Å². The van der Waals surface area contributed by atoms with Gasteiger partial charge in [-0.15, -0.1) is 0 Å². The number of hydrogen-bond donors (Lipinski definition) is 4. The Morgan fingerprint density at radius 1 is 1.03 bits per heavy atom. The Balaban J connectivity index is 1.36. The minimum atomic E-state index is 0.495. The lowest BCUT2D eigenvalue weighted by Crippen LogP contribution is -2.38. The second-order valence-corrected chi connectivity index (χ2v) is 6.84. The van der Waals surface area contributed by atoms with Crippen LogP contribution in [0.2, 0.25) is 0 Å². The van der Waals surface area contributed by atoms with Crippen molar-refractivity contribution in [3.8, 4) is 11.3 Å². The van der Waals surface area contributed by atoms with Gasteiger partial charge in [-0.2, -0.15) is 0 Å². The van der Waals surface area contributed by atoms with Crippen LogP contribution in [0.4, 0.5) is 0 Å². The molecule has 6 heteroatoms. The Morgan fingerprint density at radius 3 is 2.72 bits per heavy atom. The van der Waals surface area contributed by atoms with Crippen molar-refractivity contribution >= 4 is 16.9 Å². The van der Waals surface area contributed by atoms with Crippen LogP contribution in [-0.4, -0.2) is 34.0 Å². The fourth-order valence-electron chi connectivity index (χ4n) is 3.36. The number of imidazole rings is 1. The highest BCUT2D eigenvalue weighted by Crippen LogP contribution is 2.18. The minimum absolute atomic E-state index is 0.495. The van der Waals surface area contributed by atoms with E-state index in [1.807, 2.05) is 24.4 Å². The number of hydrogen-bond acceptors (Lipinski definition) is 2. The number of nitrogens with one attached hydrogen (secondary N) is 4. The summed E-state index contributed by atoms with van der Waals surface area (Å²) in [6, 6.07) is 18.6. The molecule has 0 spiro atoms. The van der Waals surface area contributed by atoms with Gasteiger partial charge in [0, 0.05) is 30.2 Å². The van der Waals surface area contributed by atoms with Gasteiger partial charge in [0.1, 0.15) is 12.4 Å². The maximum atomic E-state index is 4.66. The fourth-order valence-corrected chi connectivity index (χ4v) is 3.36. The van der Waals surface area contributed by atoms with Crippen LogP contribution in [0.1, 0.15) is 18.3 Å². The Labute approximate surface area is 170 Å². The van der Waals surface area contributed by atoms with Gasteiger partial charge in [-0.1, -0.05) is 48.5 Å². The third-order valence-electron chi connectivity index (χ3n) is 4.81. The second kappa shape index (κ2) is 9.10. The lowest BCUT2D eigenvalue weighted by molar-refractivity contribution is 0.795. The van der Waals surface area contributed by atoms with E-state index >= 15 is 0 Å². The van der Waals surface area contributed by atoms with Crippen LogP contribution in [0.3, 0.4) is 0 Å². The fraction of sp³-hybridized carbons (Fsp3) is 0.217. The predicted molar refractivity (Wildman–Crippen MR) is 119 cm³/mol. The third-order valence-corrected chi connectivity index (χ3v) is 4.81. The van der Waals surface area contributed by atoms with Gasteiger partial charge < -0.3 is 20.6 Å². The molecule has 2 aromatic heterocycles. The Hall–Kier alpha value is -3.54. The number of guanidine groups is 1. The number of aliphatic imine (C=N–C) groups is 1. The van der Waals surface area contributed by atoms with Crippen LogP contribution >= 0.6 is 0 Å². The van der Waals surface area contributed by atoms with Crippen LogP contribution in [0, 0.1) is 0 Å². The molecule has 0 fully saturated rings. The van der Waals surface area contributed by atoms with Crippen LogP contribution in [0.25, 0.3) is 22.2 Å². The number of rotatable bonds is 7. The summed E-state index contributed by atoms with van der Waals surface area (Å²) in [6.07, 6.45) is 4.87. The molecule has 2 heterocycles. The molecule has 0 radical (unpaired) electrons. The zero-order valence-corrected chi connectivity index (χ0v) is 16.6. The van der Waals surface area contributed by atoms with Crippen molar-refractivity contribution < 1.29 is 0 Å².